The number of likely N-dealkylation sites (tertiary alicyclic amines) is 1. The van der Waals surface area contributed by atoms with Crippen LogP contribution < -0.4 is 9.80 Å². The third-order valence-electron chi connectivity index (χ3n) is 6.81. The number of hydrogen-bond donors (Lipinski definition) is 1. The van der Waals surface area contributed by atoms with Gasteiger partial charge in [0.1, 0.15) is 0 Å². The van der Waals surface area contributed by atoms with Crippen molar-refractivity contribution >= 4 is 17.5 Å². The van der Waals surface area contributed by atoms with Gasteiger partial charge in [-0.05, 0) is 36.2 Å². The van der Waals surface area contributed by atoms with E-state index < -0.39 is 6.09 Å². The summed E-state index contributed by atoms with van der Waals surface area (Å²) in [6, 6.07) is 19.2. The van der Waals surface area contributed by atoms with Gasteiger partial charge in [0.2, 0.25) is 0 Å². The van der Waals surface area contributed by atoms with E-state index >= 15 is 0 Å². The summed E-state index contributed by atoms with van der Waals surface area (Å²) in [6.45, 7) is 5.89. The number of ether oxygens (including phenoxy) is 1. The quantitative estimate of drug-likeness (QED) is 0.822. The first-order valence-electron chi connectivity index (χ1n) is 10.9. The number of rotatable bonds is 5. The fraction of sp³-hybridized carbons (Fsp3) is 0.458. The van der Waals surface area contributed by atoms with Crippen molar-refractivity contribution in [2.45, 2.75) is 19.1 Å². The zero-order valence-corrected chi connectivity index (χ0v) is 17.2. The molecule has 0 aromatic heterocycles. The first-order valence-corrected chi connectivity index (χ1v) is 10.9. The number of carboxylic acid groups (broad SMARTS) is 1. The normalized spacial score (nSPS) is 25.7. The molecule has 3 aliphatic heterocycles. The lowest BCUT2D eigenvalue weighted by molar-refractivity contribution is 0.0553. The van der Waals surface area contributed by atoms with Crippen molar-refractivity contribution in [3.8, 4) is 0 Å². The van der Waals surface area contributed by atoms with E-state index in [2.05, 4.69) is 58.3 Å². The second-order valence-electron chi connectivity index (χ2n) is 8.78. The molecule has 2 aromatic rings. The largest absolute Gasteiger partial charge is 0.465 e. The predicted molar refractivity (Wildman–Crippen MR) is 117 cm³/mol. The molecule has 3 aliphatic rings. The van der Waals surface area contributed by atoms with E-state index in [4.69, 9.17) is 4.74 Å². The number of nitrogens with zero attached hydrogens (tertiary/aromatic N) is 3. The van der Waals surface area contributed by atoms with E-state index in [0.717, 1.165) is 32.6 Å². The zero-order valence-electron chi connectivity index (χ0n) is 17.2. The minimum atomic E-state index is -0.781. The van der Waals surface area contributed by atoms with Gasteiger partial charge in [0.05, 0.1) is 12.7 Å². The number of benzene rings is 2. The van der Waals surface area contributed by atoms with Crippen LogP contribution in [0.25, 0.3) is 0 Å². The summed E-state index contributed by atoms with van der Waals surface area (Å²) in [4.78, 5) is 17.6. The molecule has 3 heterocycles. The molecule has 6 nitrogen and oxygen atoms in total. The molecular weight excluding hydrogens is 378 g/mol. The monoisotopic (exact) mass is 407 g/mol. The summed E-state index contributed by atoms with van der Waals surface area (Å²) in [5, 5.41) is 9.19. The Bertz CT molecular complexity index is 859. The number of hydrogen-bond acceptors (Lipinski definition) is 4. The molecule has 3 saturated heterocycles. The molecule has 2 unspecified atom stereocenters. The van der Waals surface area contributed by atoms with Crippen LogP contribution in [0.3, 0.4) is 0 Å². The van der Waals surface area contributed by atoms with Crippen LogP contribution in [0.15, 0.2) is 54.6 Å². The van der Waals surface area contributed by atoms with Gasteiger partial charge >= 0.3 is 6.09 Å². The van der Waals surface area contributed by atoms with E-state index in [1.165, 1.54) is 16.9 Å². The molecule has 0 spiro atoms. The van der Waals surface area contributed by atoms with Crippen LogP contribution in [0, 0.1) is 11.8 Å². The first kappa shape index (κ1) is 19.2. The molecule has 6 heteroatoms. The Labute approximate surface area is 177 Å². The summed E-state index contributed by atoms with van der Waals surface area (Å²) in [5.41, 5.74) is 3.72. The van der Waals surface area contributed by atoms with E-state index in [-0.39, 0.29) is 6.10 Å². The predicted octanol–water partition coefficient (Wildman–Crippen LogP) is 3.53. The van der Waals surface area contributed by atoms with Gasteiger partial charge < -0.3 is 24.5 Å². The second kappa shape index (κ2) is 8.19. The summed E-state index contributed by atoms with van der Waals surface area (Å²) in [6.07, 6.45) is 0.557. The van der Waals surface area contributed by atoms with Gasteiger partial charge in [0.25, 0.3) is 0 Å². The number of amides is 1. The van der Waals surface area contributed by atoms with Crippen molar-refractivity contribution in [1.82, 2.24) is 4.90 Å². The minimum absolute atomic E-state index is 0.278. The van der Waals surface area contributed by atoms with Gasteiger partial charge in [-0.1, -0.05) is 30.3 Å². The number of fused-ring (bicyclic) bond motifs is 1. The maximum atomic E-state index is 11.2. The van der Waals surface area contributed by atoms with Crippen molar-refractivity contribution in [2.75, 3.05) is 49.1 Å². The van der Waals surface area contributed by atoms with Crippen LogP contribution in [0.1, 0.15) is 12.0 Å². The van der Waals surface area contributed by atoms with Gasteiger partial charge in [-0.15, -0.1) is 0 Å². The Kier molecular flexibility index (Phi) is 5.25. The highest BCUT2D eigenvalue weighted by Gasteiger charge is 2.41. The lowest BCUT2D eigenvalue weighted by atomic mass is 10.0. The lowest BCUT2D eigenvalue weighted by Crippen LogP contribution is -2.32. The fourth-order valence-corrected chi connectivity index (χ4v) is 5.12. The number of carbonyl (C=O) groups is 1. The van der Waals surface area contributed by atoms with E-state index in [1.807, 2.05) is 6.07 Å². The van der Waals surface area contributed by atoms with Crippen LogP contribution in [0.4, 0.5) is 16.2 Å². The van der Waals surface area contributed by atoms with Gasteiger partial charge in [-0.2, -0.15) is 0 Å². The van der Waals surface area contributed by atoms with Crippen molar-refractivity contribution in [2.24, 2.45) is 11.8 Å². The lowest BCUT2D eigenvalue weighted by Gasteiger charge is -2.24. The number of anilines is 2. The highest BCUT2D eigenvalue weighted by atomic mass is 16.5. The van der Waals surface area contributed by atoms with E-state index in [0.29, 0.717) is 31.5 Å². The van der Waals surface area contributed by atoms with E-state index in [9.17, 15) is 9.90 Å². The Morgan fingerprint density at radius 1 is 0.867 bits per heavy atom. The molecule has 0 saturated carbocycles. The van der Waals surface area contributed by atoms with Crippen LogP contribution in [-0.4, -0.2) is 61.5 Å². The molecule has 0 radical (unpaired) electrons. The van der Waals surface area contributed by atoms with E-state index in [1.54, 1.807) is 4.90 Å². The molecule has 0 bridgehead atoms. The van der Waals surface area contributed by atoms with Crippen molar-refractivity contribution in [3.05, 3.63) is 60.2 Å². The molecule has 1 amide bonds. The smallest absolute Gasteiger partial charge is 0.407 e. The van der Waals surface area contributed by atoms with Crippen LogP contribution >= 0.6 is 0 Å². The van der Waals surface area contributed by atoms with Gasteiger partial charge in [-0.25, -0.2) is 4.79 Å². The highest BCUT2D eigenvalue weighted by molar-refractivity contribution is 5.65. The minimum Gasteiger partial charge on any atom is -0.465 e. The fourth-order valence-electron chi connectivity index (χ4n) is 5.12. The third-order valence-corrected chi connectivity index (χ3v) is 6.81. The average Bonchev–Trinajstić information content (AvgIpc) is 3.48. The molecule has 3 fully saturated rings. The highest BCUT2D eigenvalue weighted by Crippen LogP contribution is 2.35. The van der Waals surface area contributed by atoms with Crippen molar-refractivity contribution < 1.29 is 14.6 Å². The molecule has 158 valence electrons. The maximum absolute atomic E-state index is 11.2. The first-order chi connectivity index (χ1) is 14.7. The topological polar surface area (TPSA) is 56.2 Å². The Morgan fingerprint density at radius 3 is 2.13 bits per heavy atom. The van der Waals surface area contributed by atoms with Gasteiger partial charge in [0.15, 0.2) is 0 Å². The molecular formula is C24H29N3O3. The zero-order chi connectivity index (χ0) is 20.5. The van der Waals surface area contributed by atoms with Crippen LogP contribution in [0.2, 0.25) is 0 Å². The van der Waals surface area contributed by atoms with Gasteiger partial charge in [0, 0.05) is 62.5 Å². The maximum Gasteiger partial charge on any atom is 0.407 e. The molecule has 3 atom stereocenters. The molecule has 0 aliphatic carbocycles. The summed E-state index contributed by atoms with van der Waals surface area (Å²) >= 11 is 0. The Hall–Kier alpha value is -2.73. The summed E-state index contributed by atoms with van der Waals surface area (Å²) in [7, 11) is 0. The van der Waals surface area contributed by atoms with Gasteiger partial charge in [-0.3, -0.25) is 0 Å². The standard InChI is InChI=1S/C24H29N3O3/c28-24(29)27-14-19-12-26(13-20(19)15-27)22-8-6-21(7-9-22)25-11-10-23(16-25)30-17-18-4-2-1-3-5-18/h1-9,19-20,23H,10-17H2,(H,28,29)/t19?,20?,23-/m1/s1. The molecule has 2 aromatic carbocycles. The Balaban J connectivity index is 1.13. The van der Waals surface area contributed by atoms with Crippen LogP contribution in [-0.2, 0) is 11.3 Å². The third kappa shape index (κ3) is 3.97. The molecule has 5 rings (SSSR count). The average molecular weight is 408 g/mol. The Morgan fingerprint density at radius 2 is 1.50 bits per heavy atom. The summed E-state index contributed by atoms with van der Waals surface area (Å²) in [5.74, 6) is 0.920. The van der Waals surface area contributed by atoms with Crippen LogP contribution in [0.5, 0.6) is 0 Å². The SMILES string of the molecule is O=C(O)N1CC2CN(c3ccc(N4CC[C@@H](OCc5ccccc5)C4)cc3)CC2C1. The molecule has 30 heavy (non-hydrogen) atoms. The summed E-state index contributed by atoms with van der Waals surface area (Å²) < 4.78 is 6.12. The molecule has 1 N–H and O–H groups in total. The second-order valence-corrected chi connectivity index (χ2v) is 8.78. The van der Waals surface area contributed by atoms with Crippen molar-refractivity contribution in [3.63, 3.8) is 0 Å². The van der Waals surface area contributed by atoms with Crippen molar-refractivity contribution in [1.29, 1.82) is 0 Å².